The predicted molar refractivity (Wildman–Crippen MR) is 91.8 cm³/mol. The van der Waals surface area contributed by atoms with Gasteiger partial charge in [0, 0.05) is 12.1 Å². The van der Waals surface area contributed by atoms with E-state index in [2.05, 4.69) is 5.32 Å². The van der Waals surface area contributed by atoms with Crippen molar-refractivity contribution in [3.63, 3.8) is 0 Å². The minimum atomic E-state index is -4.69. The van der Waals surface area contributed by atoms with E-state index in [0.717, 1.165) is 31.2 Å². The van der Waals surface area contributed by atoms with Crippen LogP contribution in [0, 0.1) is 10.1 Å². The van der Waals surface area contributed by atoms with Gasteiger partial charge in [0.05, 0.1) is 21.7 Å². The van der Waals surface area contributed by atoms with Gasteiger partial charge in [-0.3, -0.25) is 19.7 Å². The van der Waals surface area contributed by atoms with Gasteiger partial charge in [-0.1, -0.05) is 24.3 Å². The molecule has 1 N–H and O–H groups in total. The Morgan fingerprint density at radius 2 is 1.78 bits per heavy atom. The van der Waals surface area contributed by atoms with E-state index >= 15 is 0 Å². The lowest BCUT2D eigenvalue weighted by atomic mass is 10.1. The molecular formula is C18H13F3N2O4. The average molecular weight is 378 g/mol. The molecule has 140 valence electrons. The highest BCUT2D eigenvalue weighted by molar-refractivity contribution is 6.25. The molecule has 0 unspecified atom stereocenters. The molecule has 0 saturated carbocycles. The fourth-order valence-electron chi connectivity index (χ4n) is 2.25. The molecule has 0 atom stereocenters. The summed E-state index contributed by atoms with van der Waals surface area (Å²) in [5.41, 5.74) is -2.06. The smallest absolute Gasteiger partial charge is 0.321 e. The van der Waals surface area contributed by atoms with Crippen LogP contribution in [0.4, 0.5) is 24.5 Å². The van der Waals surface area contributed by atoms with Gasteiger partial charge in [-0.2, -0.15) is 13.2 Å². The third kappa shape index (κ3) is 5.00. The molecule has 0 radical (unpaired) electrons. The molecule has 2 rings (SSSR count). The largest absolute Gasteiger partial charge is 0.418 e. The van der Waals surface area contributed by atoms with E-state index in [-0.39, 0.29) is 11.3 Å². The van der Waals surface area contributed by atoms with Gasteiger partial charge in [-0.05, 0) is 30.7 Å². The highest BCUT2D eigenvalue weighted by Gasteiger charge is 2.33. The highest BCUT2D eigenvalue weighted by Crippen LogP contribution is 2.34. The molecule has 9 heteroatoms. The maximum absolute atomic E-state index is 13.0. The molecule has 0 aliphatic carbocycles. The van der Waals surface area contributed by atoms with E-state index in [4.69, 9.17) is 0 Å². The zero-order valence-corrected chi connectivity index (χ0v) is 13.9. The predicted octanol–water partition coefficient (Wildman–Crippen LogP) is 4.22. The van der Waals surface area contributed by atoms with Crippen LogP contribution >= 0.6 is 0 Å². The normalized spacial score (nSPS) is 11.8. The third-order valence-corrected chi connectivity index (χ3v) is 3.50. The van der Waals surface area contributed by atoms with Crippen molar-refractivity contribution < 1.29 is 27.7 Å². The maximum Gasteiger partial charge on any atom is 0.418 e. The number of carbonyl (C=O) groups is 2. The number of ketones is 1. The first kappa shape index (κ1) is 19.8. The van der Waals surface area contributed by atoms with Crippen LogP contribution in [0.25, 0.3) is 6.08 Å². The van der Waals surface area contributed by atoms with Gasteiger partial charge in [-0.25, -0.2) is 0 Å². The number of nitro groups is 1. The van der Waals surface area contributed by atoms with E-state index in [0.29, 0.717) is 0 Å². The van der Waals surface area contributed by atoms with Crippen molar-refractivity contribution in [2.24, 2.45) is 0 Å². The number of nitrogens with one attached hydrogen (secondary N) is 1. The minimum Gasteiger partial charge on any atom is -0.321 e. The summed E-state index contributed by atoms with van der Waals surface area (Å²) in [7, 11) is 0. The van der Waals surface area contributed by atoms with E-state index in [1.54, 1.807) is 0 Å². The number of amides is 1. The second-order valence-electron chi connectivity index (χ2n) is 5.46. The fraction of sp³-hybridized carbons (Fsp3) is 0.111. The molecule has 6 nitrogen and oxygen atoms in total. The Labute approximate surface area is 151 Å². The van der Waals surface area contributed by atoms with Gasteiger partial charge < -0.3 is 5.32 Å². The Morgan fingerprint density at radius 3 is 2.37 bits per heavy atom. The summed E-state index contributed by atoms with van der Waals surface area (Å²) in [4.78, 5) is 34.3. The van der Waals surface area contributed by atoms with Crippen molar-refractivity contribution in [3.05, 3.63) is 75.3 Å². The second kappa shape index (κ2) is 7.81. The summed E-state index contributed by atoms with van der Waals surface area (Å²) in [6, 6.07) is 9.49. The summed E-state index contributed by atoms with van der Waals surface area (Å²) >= 11 is 0. The number of rotatable bonds is 5. The Kier molecular flexibility index (Phi) is 5.74. The van der Waals surface area contributed by atoms with Gasteiger partial charge in [0.2, 0.25) is 0 Å². The van der Waals surface area contributed by atoms with Crippen LogP contribution in [0.2, 0.25) is 0 Å². The topological polar surface area (TPSA) is 89.3 Å². The minimum absolute atomic E-state index is 0.189. The van der Waals surface area contributed by atoms with Crippen LogP contribution in [-0.2, 0) is 15.8 Å². The highest BCUT2D eigenvalue weighted by atomic mass is 19.4. The van der Waals surface area contributed by atoms with E-state index in [9.17, 15) is 32.9 Å². The molecule has 27 heavy (non-hydrogen) atoms. The van der Waals surface area contributed by atoms with Crippen LogP contribution in [0.15, 0.2) is 54.1 Å². The molecule has 1 amide bonds. The summed E-state index contributed by atoms with van der Waals surface area (Å²) in [6.45, 7) is 1.07. The first-order valence-electron chi connectivity index (χ1n) is 7.54. The number of carbonyl (C=O) groups excluding carboxylic acids is 2. The molecule has 0 aromatic heterocycles. The zero-order chi connectivity index (χ0) is 20.2. The molecule has 0 aliphatic rings. The lowest BCUT2D eigenvalue weighted by molar-refractivity contribution is -0.384. The number of nitrogens with zero attached hydrogens (tertiary/aromatic N) is 1. The quantitative estimate of drug-likeness (QED) is 0.277. The Bertz CT molecular complexity index is 936. The standard InChI is InChI=1S/C18H13F3N2O4/c1-11(24)14(10-12-5-4-6-13(9-12)23(26)27)17(25)22-16-8-3-2-7-15(16)18(19,20)21/h2-10H,1H3,(H,22,25)/b14-10+. The number of hydrogen-bond acceptors (Lipinski definition) is 4. The van der Waals surface area contributed by atoms with Gasteiger partial charge in [0.15, 0.2) is 5.78 Å². The van der Waals surface area contributed by atoms with Crippen molar-refractivity contribution in [1.29, 1.82) is 0 Å². The summed E-state index contributed by atoms with van der Waals surface area (Å²) in [5.74, 6) is -1.76. The molecule has 0 spiro atoms. The molecule has 0 aliphatic heterocycles. The van der Waals surface area contributed by atoms with Crippen LogP contribution in [0.3, 0.4) is 0 Å². The van der Waals surface area contributed by atoms with Crippen LogP contribution < -0.4 is 5.32 Å². The number of alkyl halides is 3. The van der Waals surface area contributed by atoms with Gasteiger partial charge >= 0.3 is 6.18 Å². The van der Waals surface area contributed by atoms with Gasteiger partial charge in [0.25, 0.3) is 11.6 Å². The number of anilines is 1. The van der Waals surface area contributed by atoms with Crippen molar-refractivity contribution in [2.75, 3.05) is 5.32 Å². The Hall–Kier alpha value is -3.49. The number of para-hydroxylation sites is 1. The van der Waals surface area contributed by atoms with E-state index in [1.165, 1.54) is 30.3 Å². The number of hydrogen-bond donors (Lipinski definition) is 1. The fourth-order valence-corrected chi connectivity index (χ4v) is 2.25. The molecular weight excluding hydrogens is 365 g/mol. The SMILES string of the molecule is CC(=O)/C(=C\c1cccc([N+](=O)[O-])c1)C(=O)Nc1ccccc1C(F)(F)F. The Morgan fingerprint density at radius 1 is 1.11 bits per heavy atom. The van der Waals surface area contributed by atoms with E-state index in [1.807, 2.05) is 0 Å². The summed E-state index contributed by atoms with van der Waals surface area (Å²) in [5, 5.41) is 12.9. The lowest BCUT2D eigenvalue weighted by Crippen LogP contribution is -2.21. The van der Waals surface area contributed by atoms with Crippen molar-refractivity contribution >= 4 is 29.1 Å². The summed E-state index contributed by atoms with van der Waals surface area (Å²) in [6.07, 6.45) is -3.61. The van der Waals surface area contributed by atoms with Crippen LogP contribution in [0.5, 0.6) is 0 Å². The van der Waals surface area contributed by atoms with Gasteiger partial charge in [0.1, 0.15) is 0 Å². The summed E-state index contributed by atoms with van der Waals surface area (Å²) < 4.78 is 39.1. The molecule has 0 bridgehead atoms. The number of non-ortho nitro benzene ring substituents is 1. The molecule has 0 fully saturated rings. The number of nitro benzene ring substituents is 1. The Balaban J connectivity index is 2.39. The lowest BCUT2D eigenvalue weighted by Gasteiger charge is -2.14. The van der Waals surface area contributed by atoms with Crippen molar-refractivity contribution in [1.82, 2.24) is 0 Å². The van der Waals surface area contributed by atoms with Crippen LogP contribution in [-0.4, -0.2) is 16.6 Å². The first-order valence-corrected chi connectivity index (χ1v) is 7.54. The third-order valence-electron chi connectivity index (χ3n) is 3.50. The van der Waals surface area contributed by atoms with Crippen LogP contribution in [0.1, 0.15) is 18.1 Å². The molecule has 2 aromatic rings. The van der Waals surface area contributed by atoms with Gasteiger partial charge in [-0.15, -0.1) is 0 Å². The molecule has 2 aromatic carbocycles. The van der Waals surface area contributed by atoms with Crippen molar-refractivity contribution in [2.45, 2.75) is 13.1 Å². The first-order chi connectivity index (χ1) is 12.6. The van der Waals surface area contributed by atoms with E-state index < -0.39 is 39.6 Å². The molecule has 0 saturated heterocycles. The number of Topliss-reactive ketones (excluding diaryl/α,β-unsaturated/α-hetero) is 1. The monoisotopic (exact) mass is 378 g/mol. The van der Waals surface area contributed by atoms with Crippen molar-refractivity contribution in [3.8, 4) is 0 Å². The maximum atomic E-state index is 13.0. The second-order valence-corrected chi connectivity index (χ2v) is 5.46. The molecule has 0 heterocycles. The average Bonchev–Trinajstić information content (AvgIpc) is 2.59. The number of benzene rings is 2. The number of halogens is 3. The zero-order valence-electron chi connectivity index (χ0n) is 13.9.